The average molecular weight is 431 g/mol. The van der Waals surface area contributed by atoms with E-state index in [4.69, 9.17) is 4.74 Å². The standard InChI is InChI=1S/C23H15F2N5O2/c24-18-10-14(11-19(25)21(18)31)28-23-26-12-20-22(29-23)30(13-27-20)15-6-8-17(9-7-15)32-16-4-2-1-3-5-16/h1-13,31H,(H,26,28,29). The van der Waals surface area contributed by atoms with Gasteiger partial charge in [0.05, 0.1) is 6.20 Å². The van der Waals surface area contributed by atoms with Crippen LogP contribution in [-0.2, 0) is 0 Å². The smallest absolute Gasteiger partial charge is 0.229 e. The fourth-order valence-corrected chi connectivity index (χ4v) is 3.12. The Bertz CT molecular complexity index is 1380. The second-order valence-corrected chi connectivity index (χ2v) is 6.84. The first-order valence-corrected chi connectivity index (χ1v) is 9.55. The van der Waals surface area contributed by atoms with Gasteiger partial charge in [-0.1, -0.05) is 18.2 Å². The lowest BCUT2D eigenvalue weighted by Gasteiger charge is -2.09. The van der Waals surface area contributed by atoms with Gasteiger partial charge in [0.25, 0.3) is 0 Å². The van der Waals surface area contributed by atoms with Gasteiger partial charge in [0.1, 0.15) is 23.3 Å². The van der Waals surface area contributed by atoms with Gasteiger partial charge in [-0.25, -0.2) is 18.7 Å². The highest BCUT2D eigenvalue weighted by Crippen LogP contribution is 2.27. The van der Waals surface area contributed by atoms with Crippen LogP contribution in [-0.4, -0.2) is 24.6 Å². The van der Waals surface area contributed by atoms with Crippen LogP contribution in [0.4, 0.5) is 20.4 Å². The van der Waals surface area contributed by atoms with Crippen LogP contribution < -0.4 is 10.1 Å². The molecule has 5 aromatic rings. The summed E-state index contributed by atoms with van der Waals surface area (Å²) in [5, 5.41) is 12.0. The average Bonchev–Trinajstić information content (AvgIpc) is 3.22. The first-order valence-electron chi connectivity index (χ1n) is 9.55. The lowest BCUT2D eigenvalue weighted by Crippen LogP contribution is -2.01. The molecule has 0 unspecified atom stereocenters. The number of phenols is 1. The SMILES string of the molecule is Oc1c(F)cc(Nc2ncc3ncn(-c4ccc(Oc5ccccc5)cc4)c3n2)cc1F. The molecule has 0 aliphatic heterocycles. The third-order valence-electron chi connectivity index (χ3n) is 4.66. The van der Waals surface area contributed by atoms with Crippen LogP contribution in [0.1, 0.15) is 0 Å². The van der Waals surface area contributed by atoms with Crippen LogP contribution in [0.3, 0.4) is 0 Å². The molecule has 2 aromatic heterocycles. The second-order valence-electron chi connectivity index (χ2n) is 6.84. The predicted molar refractivity (Wildman–Crippen MR) is 114 cm³/mol. The Morgan fingerprint density at radius 3 is 2.28 bits per heavy atom. The molecule has 0 fully saturated rings. The third kappa shape index (κ3) is 3.79. The van der Waals surface area contributed by atoms with Crippen molar-refractivity contribution in [3.8, 4) is 22.9 Å². The molecular formula is C23H15F2N5O2. The topological polar surface area (TPSA) is 85.1 Å². The first kappa shape index (κ1) is 19.4. The fourth-order valence-electron chi connectivity index (χ4n) is 3.12. The summed E-state index contributed by atoms with van der Waals surface area (Å²) in [6.45, 7) is 0. The minimum Gasteiger partial charge on any atom is -0.503 e. The molecule has 2 N–H and O–H groups in total. The zero-order valence-electron chi connectivity index (χ0n) is 16.4. The number of nitrogens with zero attached hydrogens (tertiary/aromatic N) is 4. The van der Waals surface area contributed by atoms with E-state index in [0.29, 0.717) is 16.9 Å². The molecule has 5 rings (SSSR count). The number of aromatic nitrogens is 4. The van der Waals surface area contributed by atoms with Gasteiger partial charge in [-0.2, -0.15) is 4.98 Å². The largest absolute Gasteiger partial charge is 0.503 e. The van der Waals surface area contributed by atoms with Crippen LogP contribution in [0.25, 0.3) is 16.9 Å². The molecule has 0 saturated heterocycles. The molecular weight excluding hydrogens is 416 g/mol. The van der Waals surface area contributed by atoms with Crippen molar-refractivity contribution in [1.29, 1.82) is 0 Å². The van der Waals surface area contributed by atoms with Crippen molar-refractivity contribution in [1.82, 2.24) is 19.5 Å². The molecule has 0 saturated carbocycles. The van der Waals surface area contributed by atoms with Gasteiger partial charge in [0, 0.05) is 23.5 Å². The number of para-hydroxylation sites is 1. The van der Waals surface area contributed by atoms with Crippen LogP contribution >= 0.6 is 0 Å². The normalized spacial score (nSPS) is 10.9. The molecule has 9 heteroatoms. The van der Waals surface area contributed by atoms with Crippen molar-refractivity contribution in [2.75, 3.05) is 5.32 Å². The molecule has 0 aliphatic rings. The maximum atomic E-state index is 13.6. The number of fused-ring (bicyclic) bond motifs is 1. The summed E-state index contributed by atoms with van der Waals surface area (Å²) >= 11 is 0. The number of ether oxygens (including phenoxy) is 1. The zero-order chi connectivity index (χ0) is 22.1. The molecule has 0 aliphatic carbocycles. The minimum absolute atomic E-state index is 0.0608. The molecule has 32 heavy (non-hydrogen) atoms. The maximum absolute atomic E-state index is 13.6. The highest BCUT2D eigenvalue weighted by Gasteiger charge is 2.12. The monoisotopic (exact) mass is 431 g/mol. The van der Waals surface area contributed by atoms with E-state index in [1.165, 1.54) is 6.20 Å². The summed E-state index contributed by atoms with van der Waals surface area (Å²) in [7, 11) is 0. The number of phenolic OH excluding ortho intramolecular Hbond substituents is 1. The molecule has 0 bridgehead atoms. The Morgan fingerprint density at radius 2 is 1.56 bits per heavy atom. The van der Waals surface area contributed by atoms with Gasteiger partial charge >= 0.3 is 0 Å². The lowest BCUT2D eigenvalue weighted by atomic mass is 10.3. The van der Waals surface area contributed by atoms with Gasteiger partial charge in [-0.3, -0.25) is 4.57 Å². The Balaban J connectivity index is 1.42. The quantitative estimate of drug-likeness (QED) is 0.366. The number of rotatable bonds is 5. The number of anilines is 2. The summed E-state index contributed by atoms with van der Waals surface area (Å²) < 4.78 is 34.8. The van der Waals surface area contributed by atoms with Crippen LogP contribution in [0.5, 0.6) is 17.2 Å². The van der Waals surface area contributed by atoms with Crippen LogP contribution in [0.2, 0.25) is 0 Å². The molecule has 3 aromatic carbocycles. The third-order valence-corrected chi connectivity index (χ3v) is 4.66. The second kappa shape index (κ2) is 7.95. The van der Waals surface area contributed by atoms with Crippen molar-refractivity contribution < 1.29 is 18.6 Å². The number of aromatic hydroxyl groups is 1. The molecule has 0 amide bonds. The van der Waals surface area contributed by atoms with Crippen LogP contribution in [0, 0.1) is 11.6 Å². The summed E-state index contributed by atoms with van der Waals surface area (Å²) in [6.07, 6.45) is 3.11. The Kier molecular flexibility index (Phi) is 4.83. The molecule has 158 valence electrons. The van der Waals surface area contributed by atoms with E-state index in [1.807, 2.05) is 54.6 Å². The van der Waals surface area contributed by atoms with E-state index in [1.54, 1.807) is 10.9 Å². The number of hydrogen-bond donors (Lipinski definition) is 2. The molecule has 2 heterocycles. The van der Waals surface area contributed by atoms with Crippen molar-refractivity contribution in [2.24, 2.45) is 0 Å². The number of imidazole rings is 1. The van der Waals surface area contributed by atoms with E-state index in [-0.39, 0.29) is 11.6 Å². The fraction of sp³-hybridized carbons (Fsp3) is 0. The van der Waals surface area contributed by atoms with Crippen molar-refractivity contribution in [3.05, 3.63) is 90.9 Å². The summed E-state index contributed by atoms with van der Waals surface area (Å²) in [5.41, 5.74) is 1.90. The summed E-state index contributed by atoms with van der Waals surface area (Å²) in [5.74, 6) is -1.68. The number of benzene rings is 3. The minimum atomic E-state index is -1.09. The van der Waals surface area contributed by atoms with Crippen molar-refractivity contribution in [2.45, 2.75) is 0 Å². The Labute approximate surface area is 180 Å². The lowest BCUT2D eigenvalue weighted by molar-refractivity contribution is 0.396. The number of hydrogen-bond acceptors (Lipinski definition) is 6. The van der Waals surface area contributed by atoms with E-state index in [2.05, 4.69) is 20.3 Å². The Hall–Kier alpha value is -4.53. The van der Waals surface area contributed by atoms with Crippen molar-refractivity contribution in [3.63, 3.8) is 0 Å². The van der Waals surface area contributed by atoms with Crippen LogP contribution in [0.15, 0.2) is 79.3 Å². The number of halogens is 2. The molecule has 0 atom stereocenters. The maximum Gasteiger partial charge on any atom is 0.229 e. The van der Waals surface area contributed by atoms with Gasteiger partial charge in [-0.15, -0.1) is 0 Å². The van der Waals surface area contributed by atoms with E-state index in [0.717, 1.165) is 23.6 Å². The highest BCUT2D eigenvalue weighted by atomic mass is 19.1. The molecule has 7 nitrogen and oxygen atoms in total. The molecule has 0 spiro atoms. The Morgan fingerprint density at radius 1 is 0.875 bits per heavy atom. The van der Waals surface area contributed by atoms with E-state index >= 15 is 0 Å². The van der Waals surface area contributed by atoms with Gasteiger partial charge in [0.2, 0.25) is 5.95 Å². The van der Waals surface area contributed by atoms with Gasteiger partial charge < -0.3 is 15.2 Å². The van der Waals surface area contributed by atoms with E-state index in [9.17, 15) is 13.9 Å². The summed E-state index contributed by atoms with van der Waals surface area (Å²) in [4.78, 5) is 12.8. The highest BCUT2D eigenvalue weighted by molar-refractivity contribution is 5.74. The zero-order valence-corrected chi connectivity index (χ0v) is 16.4. The van der Waals surface area contributed by atoms with Gasteiger partial charge in [-0.05, 0) is 36.4 Å². The van der Waals surface area contributed by atoms with Crippen molar-refractivity contribution >= 4 is 22.8 Å². The van der Waals surface area contributed by atoms with E-state index < -0.39 is 17.4 Å². The van der Waals surface area contributed by atoms with Gasteiger partial charge in [0.15, 0.2) is 23.0 Å². The predicted octanol–water partition coefficient (Wildman–Crippen LogP) is 5.34. The number of nitrogens with one attached hydrogen (secondary N) is 1. The summed E-state index contributed by atoms with van der Waals surface area (Å²) in [6, 6.07) is 18.7. The molecule has 0 radical (unpaired) electrons. The first-order chi connectivity index (χ1) is 15.6.